The predicted octanol–water partition coefficient (Wildman–Crippen LogP) is 4.33. The van der Waals surface area contributed by atoms with E-state index in [1.165, 1.54) is 31.2 Å². The molecule has 0 radical (unpaired) electrons. The van der Waals surface area contributed by atoms with Gasteiger partial charge in [-0.2, -0.15) is 0 Å². The van der Waals surface area contributed by atoms with Crippen molar-refractivity contribution in [2.75, 3.05) is 50.2 Å². The molecule has 33 heavy (non-hydrogen) atoms. The fourth-order valence-corrected chi connectivity index (χ4v) is 5.78. The molecule has 2 aromatic carbocycles. The van der Waals surface area contributed by atoms with E-state index in [0.29, 0.717) is 23.8 Å². The van der Waals surface area contributed by atoms with Crippen molar-refractivity contribution in [3.8, 4) is 5.75 Å². The van der Waals surface area contributed by atoms with Crippen molar-refractivity contribution in [2.45, 2.75) is 37.5 Å². The first kappa shape index (κ1) is 20.7. The molecule has 0 bridgehead atoms. The van der Waals surface area contributed by atoms with Gasteiger partial charge in [0, 0.05) is 49.1 Å². The van der Waals surface area contributed by atoms with E-state index in [1.54, 1.807) is 7.11 Å². The number of aliphatic hydroxyl groups excluding tert-OH is 1. The number of ether oxygens (including phenoxy) is 1. The van der Waals surface area contributed by atoms with Gasteiger partial charge in [-0.15, -0.1) is 0 Å². The van der Waals surface area contributed by atoms with E-state index in [0.717, 1.165) is 47.1 Å². The van der Waals surface area contributed by atoms with Gasteiger partial charge in [0.1, 0.15) is 17.4 Å². The third-order valence-corrected chi connectivity index (χ3v) is 7.78. The minimum absolute atomic E-state index is 0.139. The number of para-hydroxylation sites is 1. The van der Waals surface area contributed by atoms with Crippen LogP contribution in [0.15, 0.2) is 42.5 Å². The lowest BCUT2D eigenvalue weighted by atomic mass is 9.56. The van der Waals surface area contributed by atoms with Crippen molar-refractivity contribution in [1.82, 2.24) is 9.97 Å². The third-order valence-electron chi connectivity index (χ3n) is 7.78. The van der Waals surface area contributed by atoms with E-state index in [-0.39, 0.29) is 6.61 Å². The Bertz CT molecular complexity index is 1180. The van der Waals surface area contributed by atoms with Crippen LogP contribution < -0.4 is 14.5 Å². The van der Waals surface area contributed by atoms with Crippen LogP contribution in [-0.4, -0.2) is 55.5 Å². The summed E-state index contributed by atoms with van der Waals surface area (Å²) in [6, 6.07) is 14.9. The maximum absolute atomic E-state index is 9.35. The number of hydrogen-bond donors (Lipinski definition) is 1. The number of nitrogens with zero attached hydrogens (tertiary/aromatic N) is 4. The van der Waals surface area contributed by atoms with Crippen LogP contribution in [0.2, 0.25) is 0 Å². The summed E-state index contributed by atoms with van der Waals surface area (Å²) in [5.74, 6) is 4.23. The quantitative estimate of drug-likeness (QED) is 0.585. The molecule has 1 aliphatic heterocycles. The van der Waals surface area contributed by atoms with Crippen molar-refractivity contribution in [2.24, 2.45) is 5.41 Å². The molecular weight excluding hydrogens is 412 g/mol. The van der Waals surface area contributed by atoms with Crippen molar-refractivity contribution in [1.29, 1.82) is 0 Å². The minimum Gasteiger partial charge on any atom is -0.496 e. The lowest BCUT2D eigenvalue weighted by Gasteiger charge is -2.60. The highest BCUT2D eigenvalue weighted by atomic mass is 16.5. The Morgan fingerprint density at radius 1 is 1.09 bits per heavy atom. The lowest BCUT2D eigenvalue weighted by molar-refractivity contribution is 0.0618. The molecule has 1 spiro atoms. The minimum atomic E-state index is 0.139. The van der Waals surface area contributed by atoms with Gasteiger partial charge in [-0.1, -0.05) is 18.2 Å². The number of benzene rings is 2. The molecular formula is C27H32N4O2. The molecule has 1 saturated heterocycles. The van der Waals surface area contributed by atoms with Crippen LogP contribution in [0.5, 0.6) is 5.75 Å². The standard InChI is InChI=1S/C27H32N4O2/c1-30(11-12-32)20-9-10-23-22(13-20)26(29-25(28-23)18-7-8-18)31-16-27(17-31)14-19(15-27)21-5-3-4-6-24(21)33-2/h3-6,9-10,13,18-19,32H,7-8,11-12,14-17H2,1-2H3. The lowest BCUT2D eigenvalue weighted by Crippen LogP contribution is -2.62. The molecule has 1 N–H and O–H groups in total. The SMILES string of the molecule is COc1ccccc1C1CC2(C1)CN(c1nc(C3CC3)nc3ccc(N(C)CCO)cc13)C2. The summed E-state index contributed by atoms with van der Waals surface area (Å²) in [7, 11) is 3.78. The molecule has 2 aliphatic carbocycles. The summed E-state index contributed by atoms with van der Waals surface area (Å²) in [4.78, 5) is 14.5. The van der Waals surface area contributed by atoms with Gasteiger partial charge in [0.15, 0.2) is 0 Å². The summed E-state index contributed by atoms with van der Waals surface area (Å²) in [6.45, 7) is 2.87. The molecule has 1 aromatic heterocycles. The van der Waals surface area contributed by atoms with Crippen LogP contribution in [0, 0.1) is 5.41 Å². The average Bonchev–Trinajstić information content (AvgIpc) is 3.62. The predicted molar refractivity (Wildman–Crippen MR) is 131 cm³/mol. The molecule has 3 fully saturated rings. The van der Waals surface area contributed by atoms with Crippen LogP contribution in [0.25, 0.3) is 10.9 Å². The average molecular weight is 445 g/mol. The second-order valence-electron chi connectivity index (χ2n) is 10.2. The van der Waals surface area contributed by atoms with E-state index in [4.69, 9.17) is 14.7 Å². The first-order valence-electron chi connectivity index (χ1n) is 12.1. The fraction of sp³-hybridized carbons (Fsp3) is 0.481. The zero-order valence-corrected chi connectivity index (χ0v) is 19.5. The Balaban J connectivity index is 1.25. The number of fused-ring (bicyclic) bond motifs is 1. The molecule has 172 valence electrons. The number of aromatic nitrogens is 2. The van der Waals surface area contributed by atoms with E-state index in [9.17, 15) is 5.11 Å². The maximum Gasteiger partial charge on any atom is 0.140 e. The topological polar surface area (TPSA) is 61.7 Å². The van der Waals surface area contributed by atoms with E-state index < -0.39 is 0 Å². The number of aliphatic hydroxyl groups is 1. The normalized spacial score (nSPS) is 19.4. The monoisotopic (exact) mass is 444 g/mol. The molecule has 6 nitrogen and oxygen atoms in total. The molecule has 0 unspecified atom stereocenters. The molecule has 6 heteroatoms. The second kappa shape index (κ2) is 7.87. The summed E-state index contributed by atoms with van der Waals surface area (Å²) in [5.41, 5.74) is 3.87. The van der Waals surface area contributed by atoms with Gasteiger partial charge in [-0.05, 0) is 61.4 Å². The number of anilines is 2. The Morgan fingerprint density at radius 3 is 2.61 bits per heavy atom. The summed E-state index contributed by atoms with van der Waals surface area (Å²) < 4.78 is 5.60. The van der Waals surface area contributed by atoms with Gasteiger partial charge in [-0.25, -0.2) is 9.97 Å². The maximum atomic E-state index is 9.35. The Hall–Kier alpha value is -2.86. The number of rotatable bonds is 7. The van der Waals surface area contributed by atoms with Gasteiger partial charge in [-0.3, -0.25) is 0 Å². The highest BCUT2D eigenvalue weighted by Gasteiger charge is 2.53. The van der Waals surface area contributed by atoms with Gasteiger partial charge in [0.25, 0.3) is 0 Å². The molecule has 2 saturated carbocycles. The van der Waals surface area contributed by atoms with Crippen LogP contribution in [0.3, 0.4) is 0 Å². The zero-order valence-electron chi connectivity index (χ0n) is 19.5. The Morgan fingerprint density at radius 2 is 1.88 bits per heavy atom. The van der Waals surface area contributed by atoms with Crippen LogP contribution in [0.4, 0.5) is 11.5 Å². The second-order valence-corrected chi connectivity index (χ2v) is 10.2. The first-order valence-corrected chi connectivity index (χ1v) is 12.1. The van der Waals surface area contributed by atoms with E-state index >= 15 is 0 Å². The summed E-state index contributed by atoms with van der Waals surface area (Å²) in [6.07, 6.45) is 4.83. The number of methoxy groups -OCH3 is 1. The van der Waals surface area contributed by atoms with Gasteiger partial charge in [0.2, 0.25) is 0 Å². The third kappa shape index (κ3) is 3.61. The van der Waals surface area contributed by atoms with Crippen molar-refractivity contribution >= 4 is 22.4 Å². The number of likely N-dealkylation sites (N-methyl/N-ethyl adjacent to an activating group) is 1. The molecule has 2 heterocycles. The van der Waals surface area contributed by atoms with Crippen molar-refractivity contribution in [3.05, 3.63) is 53.9 Å². The largest absolute Gasteiger partial charge is 0.496 e. The smallest absolute Gasteiger partial charge is 0.140 e. The van der Waals surface area contributed by atoms with Crippen LogP contribution in [0.1, 0.15) is 48.9 Å². The van der Waals surface area contributed by atoms with Gasteiger partial charge < -0.3 is 19.6 Å². The van der Waals surface area contributed by atoms with E-state index in [1.807, 2.05) is 13.1 Å². The first-order chi connectivity index (χ1) is 16.1. The molecule has 0 atom stereocenters. The Labute approximate surface area is 195 Å². The Kier molecular flexibility index (Phi) is 4.94. The molecule has 3 aliphatic rings. The highest BCUT2D eigenvalue weighted by molar-refractivity contribution is 5.92. The van der Waals surface area contributed by atoms with Crippen molar-refractivity contribution < 1.29 is 9.84 Å². The fourth-order valence-electron chi connectivity index (χ4n) is 5.78. The van der Waals surface area contributed by atoms with Gasteiger partial charge >= 0.3 is 0 Å². The van der Waals surface area contributed by atoms with Crippen molar-refractivity contribution in [3.63, 3.8) is 0 Å². The zero-order chi connectivity index (χ0) is 22.6. The van der Waals surface area contributed by atoms with E-state index in [2.05, 4.69) is 46.2 Å². The van der Waals surface area contributed by atoms with Crippen LogP contribution in [-0.2, 0) is 0 Å². The van der Waals surface area contributed by atoms with Crippen LogP contribution >= 0.6 is 0 Å². The molecule has 3 aromatic rings. The van der Waals surface area contributed by atoms with Gasteiger partial charge in [0.05, 0.1) is 19.2 Å². The summed E-state index contributed by atoms with van der Waals surface area (Å²) >= 11 is 0. The highest BCUT2D eigenvalue weighted by Crippen LogP contribution is 2.58. The molecule has 6 rings (SSSR count). The number of hydrogen-bond acceptors (Lipinski definition) is 6. The molecule has 0 amide bonds. The summed E-state index contributed by atoms with van der Waals surface area (Å²) in [5, 5.41) is 10.5.